The van der Waals surface area contributed by atoms with Gasteiger partial charge in [-0.15, -0.1) is 0 Å². The number of anilines is 2. The van der Waals surface area contributed by atoms with Gasteiger partial charge in [0.1, 0.15) is 0 Å². The fourth-order valence-electron chi connectivity index (χ4n) is 2.56. The maximum atomic E-state index is 12.3. The highest BCUT2D eigenvalue weighted by Gasteiger charge is 2.11. The minimum atomic E-state index is -0.278. The third kappa shape index (κ3) is 7.07. The normalized spacial score (nSPS) is 10.0. The second-order valence-electron chi connectivity index (χ2n) is 6.40. The van der Waals surface area contributed by atoms with Crippen molar-refractivity contribution in [2.75, 3.05) is 24.2 Å². The Balaban J connectivity index is 1.72. The molecule has 28 heavy (non-hydrogen) atoms. The number of carbonyl (C=O) groups excluding carboxylic acids is 3. The van der Waals surface area contributed by atoms with Crippen LogP contribution in [-0.4, -0.2) is 36.2 Å². The van der Waals surface area contributed by atoms with E-state index in [0.29, 0.717) is 25.1 Å². The molecule has 0 fully saturated rings. The number of rotatable bonds is 9. The van der Waals surface area contributed by atoms with Crippen LogP contribution in [0.1, 0.15) is 18.4 Å². The van der Waals surface area contributed by atoms with E-state index in [0.717, 1.165) is 11.3 Å². The molecule has 0 bridgehead atoms. The van der Waals surface area contributed by atoms with Gasteiger partial charge in [0, 0.05) is 31.4 Å². The Morgan fingerprint density at radius 3 is 2.25 bits per heavy atom. The van der Waals surface area contributed by atoms with Crippen molar-refractivity contribution in [3.05, 3.63) is 72.8 Å². The number of carbonyl (C=O) groups is 3. The largest absolute Gasteiger partial charge is 0.345 e. The topological polar surface area (TPSA) is 78.5 Å². The molecular formula is C22H25N3O3. The molecule has 2 aromatic carbocycles. The predicted octanol–water partition coefficient (Wildman–Crippen LogP) is 3.23. The fraction of sp³-hybridized carbons (Fsp3) is 0.227. The molecule has 0 spiro atoms. The number of nitrogens with zero attached hydrogens (tertiary/aromatic N) is 1. The molecule has 6 heteroatoms. The van der Waals surface area contributed by atoms with Gasteiger partial charge < -0.3 is 15.5 Å². The van der Waals surface area contributed by atoms with Gasteiger partial charge in [-0.05, 0) is 42.3 Å². The zero-order valence-corrected chi connectivity index (χ0v) is 16.0. The zero-order chi connectivity index (χ0) is 20.4. The number of likely N-dealkylation sites (N-methyl/N-ethyl adjacent to an activating group) is 1. The first-order valence-electron chi connectivity index (χ1n) is 9.09. The minimum absolute atomic E-state index is 0.0219. The number of nitrogens with one attached hydrogen (secondary N) is 2. The zero-order valence-electron chi connectivity index (χ0n) is 16.0. The standard InChI is InChI=1S/C22H25N3O3/c1-3-20(26)23-19-13-11-17(12-14-19)16-22(28)25(2)15-7-10-21(27)24-18-8-5-4-6-9-18/h3-6,8-9,11-14H,1,7,10,15-16H2,2H3,(H,23,26)(H,24,27). The monoisotopic (exact) mass is 379 g/mol. The summed E-state index contributed by atoms with van der Waals surface area (Å²) in [6.07, 6.45) is 2.41. The lowest BCUT2D eigenvalue weighted by Gasteiger charge is -2.17. The molecule has 0 unspecified atom stereocenters. The highest BCUT2D eigenvalue weighted by Crippen LogP contribution is 2.11. The number of amides is 3. The molecular weight excluding hydrogens is 354 g/mol. The van der Waals surface area contributed by atoms with E-state index in [1.165, 1.54) is 6.08 Å². The van der Waals surface area contributed by atoms with Crippen LogP contribution in [0.2, 0.25) is 0 Å². The molecule has 0 heterocycles. The quantitative estimate of drug-likeness (QED) is 0.657. The second kappa shape index (κ2) is 10.7. The van der Waals surface area contributed by atoms with Crippen LogP contribution in [0, 0.1) is 0 Å². The summed E-state index contributed by atoms with van der Waals surface area (Å²) < 4.78 is 0. The van der Waals surface area contributed by atoms with Crippen molar-refractivity contribution in [1.82, 2.24) is 4.90 Å². The van der Waals surface area contributed by atoms with Crippen molar-refractivity contribution < 1.29 is 14.4 Å². The molecule has 0 radical (unpaired) electrons. The molecule has 0 saturated carbocycles. The van der Waals surface area contributed by atoms with Gasteiger partial charge in [-0.1, -0.05) is 36.9 Å². The van der Waals surface area contributed by atoms with Gasteiger partial charge in [0.2, 0.25) is 17.7 Å². The summed E-state index contributed by atoms with van der Waals surface area (Å²) in [6.45, 7) is 3.91. The lowest BCUT2D eigenvalue weighted by atomic mass is 10.1. The molecule has 146 valence electrons. The molecule has 0 aliphatic carbocycles. The Kier molecular flexibility index (Phi) is 7.96. The summed E-state index contributed by atoms with van der Waals surface area (Å²) in [6, 6.07) is 16.4. The lowest BCUT2D eigenvalue weighted by Crippen LogP contribution is -2.29. The highest BCUT2D eigenvalue weighted by atomic mass is 16.2. The number of hydrogen-bond donors (Lipinski definition) is 2. The van der Waals surface area contributed by atoms with E-state index in [1.807, 2.05) is 30.3 Å². The summed E-state index contributed by atoms with van der Waals surface area (Å²) in [4.78, 5) is 37.2. The number of para-hydroxylation sites is 1. The summed E-state index contributed by atoms with van der Waals surface area (Å²) in [5.74, 6) is -0.365. The molecule has 0 saturated heterocycles. The van der Waals surface area contributed by atoms with Crippen LogP contribution in [0.3, 0.4) is 0 Å². The maximum absolute atomic E-state index is 12.3. The van der Waals surface area contributed by atoms with Crippen molar-refractivity contribution in [3.8, 4) is 0 Å². The Morgan fingerprint density at radius 2 is 1.61 bits per heavy atom. The Morgan fingerprint density at radius 1 is 0.964 bits per heavy atom. The van der Waals surface area contributed by atoms with Crippen LogP contribution in [0.5, 0.6) is 0 Å². The third-order valence-corrected chi connectivity index (χ3v) is 4.14. The summed E-state index contributed by atoms with van der Waals surface area (Å²) >= 11 is 0. The Bertz CT molecular complexity index is 817. The molecule has 2 N–H and O–H groups in total. The van der Waals surface area contributed by atoms with Gasteiger partial charge in [-0.2, -0.15) is 0 Å². The summed E-state index contributed by atoms with van der Waals surface area (Å²) in [5.41, 5.74) is 2.28. The van der Waals surface area contributed by atoms with Gasteiger partial charge in [0.25, 0.3) is 0 Å². The van der Waals surface area contributed by atoms with Crippen molar-refractivity contribution in [2.24, 2.45) is 0 Å². The Labute approximate surface area is 165 Å². The fourth-order valence-corrected chi connectivity index (χ4v) is 2.56. The molecule has 3 amide bonds. The maximum Gasteiger partial charge on any atom is 0.247 e. The average molecular weight is 379 g/mol. The smallest absolute Gasteiger partial charge is 0.247 e. The van der Waals surface area contributed by atoms with Gasteiger partial charge in [-0.25, -0.2) is 0 Å². The number of hydrogen-bond acceptors (Lipinski definition) is 3. The predicted molar refractivity (Wildman–Crippen MR) is 111 cm³/mol. The molecule has 6 nitrogen and oxygen atoms in total. The van der Waals surface area contributed by atoms with Gasteiger partial charge in [0.15, 0.2) is 0 Å². The summed E-state index contributed by atoms with van der Waals surface area (Å²) in [5, 5.41) is 5.49. The first kappa shape index (κ1) is 20.9. The SMILES string of the molecule is C=CC(=O)Nc1ccc(CC(=O)N(C)CCCC(=O)Nc2ccccc2)cc1. The van der Waals surface area contributed by atoms with Crippen LogP contribution >= 0.6 is 0 Å². The molecule has 2 rings (SSSR count). The first-order chi connectivity index (χ1) is 13.5. The molecule has 0 atom stereocenters. The van der Waals surface area contributed by atoms with E-state index in [1.54, 1.807) is 36.2 Å². The summed E-state index contributed by atoms with van der Waals surface area (Å²) in [7, 11) is 1.73. The van der Waals surface area contributed by atoms with E-state index in [-0.39, 0.29) is 24.1 Å². The lowest BCUT2D eigenvalue weighted by molar-refractivity contribution is -0.129. The van der Waals surface area contributed by atoms with E-state index >= 15 is 0 Å². The van der Waals surface area contributed by atoms with Crippen molar-refractivity contribution >= 4 is 29.1 Å². The van der Waals surface area contributed by atoms with Crippen LogP contribution in [0.4, 0.5) is 11.4 Å². The van der Waals surface area contributed by atoms with Crippen LogP contribution in [-0.2, 0) is 20.8 Å². The van der Waals surface area contributed by atoms with E-state index in [2.05, 4.69) is 17.2 Å². The van der Waals surface area contributed by atoms with Crippen LogP contribution in [0.25, 0.3) is 0 Å². The first-order valence-corrected chi connectivity index (χ1v) is 9.09. The molecule has 0 aromatic heterocycles. The highest BCUT2D eigenvalue weighted by molar-refractivity contribution is 5.98. The van der Waals surface area contributed by atoms with E-state index in [4.69, 9.17) is 0 Å². The molecule has 2 aromatic rings. The van der Waals surface area contributed by atoms with Crippen molar-refractivity contribution in [1.29, 1.82) is 0 Å². The van der Waals surface area contributed by atoms with E-state index in [9.17, 15) is 14.4 Å². The minimum Gasteiger partial charge on any atom is -0.345 e. The molecule has 0 aliphatic heterocycles. The molecule has 0 aliphatic rings. The van der Waals surface area contributed by atoms with Crippen LogP contribution < -0.4 is 10.6 Å². The van der Waals surface area contributed by atoms with Crippen molar-refractivity contribution in [3.63, 3.8) is 0 Å². The average Bonchev–Trinajstić information content (AvgIpc) is 2.70. The van der Waals surface area contributed by atoms with Gasteiger partial charge in [-0.3, -0.25) is 14.4 Å². The second-order valence-corrected chi connectivity index (χ2v) is 6.40. The van der Waals surface area contributed by atoms with Gasteiger partial charge in [0.05, 0.1) is 6.42 Å². The van der Waals surface area contributed by atoms with Crippen LogP contribution in [0.15, 0.2) is 67.3 Å². The Hall–Kier alpha value is -3.41. The number of benzene rings is 2. The third-order valence-electron chi connectivity index (χ3n) is 4.14. The van der Waals surface area contributed by atoms with E-state index < -0.39 is 0 Å². The van der Waals surface area contributed by atoms with Gasteiger partial charge >= 0.3 is 0 Å². The van der Waals surface area contributed by atoms with Crippen molar-refractivity contribution in [2.45, 2.75) is 19.3 Å².